The fourth-order valence-corrected chi connectivity index (χ4v) is 2.40. The van der Waals surface area contributed by atoms with Crippen LogP contribution < -0.4 is 0 Å². The van der Waals surface area contributed by atoms with E-state index in [1.807, 2.05) is 4.90 Å². The summed E-state index contributed by atoms with van der Waals surface area (Å²) in [5, 5.41) is 18.4. The predicted molar refractivity (Wildman–Crippen MR) is 52.5 cm³/mol. The van der Waals surface area contributed by atoms with Crippen LogP contribution in [0.15, 0.2) is 0 Å². The molecule has 0 aromatic carbocycles. The van der Waals surface area contributed by atoms with Crippen molar-refractivity contribution in [3.8, 4) is 0 Å². The number of β-amino-alcohol motifs (C(OH)–C–C–N with tert-alkyl or cyclic N) is 1. The van der Waals surface area contributed by atoms with Crippen LogP contribution in [0.25, 0.3) is 0 Å². The van der Waals surface area contributed by atoms with Gasteiger partial charge in [-0.05, 0) is 12.3 Å². The Kier molecular flexibility index (Phi) is 3.23. The first kappa shape index (κ1) is 10.9. The Bertz CT molecular complexity index is 240. The van der Waals surface area contributed by atoms with Gasteiger partial charge in [0.05, 0.1) is 12.7 Å². The summed E-state index contributed by atoms with van der Waals surface area (Å²) in [5.74, 6) is -0.400. The van der Waals surface area contributed by atoms with E-state index < -0.39 is 18.1 Å². The molecule has 0 amide bonds. The van der Waals surface area contributed by atoms with Crippen molar-refractivity contribution in [1.29, 1.82) is 0 Å². The number of rotatable bonds is 3. The van der Waals surface area contributed by atoms with Gasteiger partial charge in [-0.15, -0.1) is 0 Å². The molecule has 2 rings (SSSR count). The van der Waals surface area contributed by atoms with Gasteiger partial charge in [0.15, 0.2) is 0 Å². The third-order valence-corrected chi connectivity index (χ3v) is 3.18. The lowest BCUT2D eigenvalue weighted by molar-refractivity contribution is -0.142. The normalized spacial score (nSPS) is 37.3. The van der Waals surface area contributed by atoms with Gasteiger partial charge in [0, 0.05) is 26.1 Å². The summed E-state index contributed by atoms with van der Waals surface area (Å²) in [6, 6.07) is -0.513. The van der Waals surface area contributed by atoms with Gasteiger partial charge in [0.2, 0.25) is 0 Å². The van der Waals surface area contributed by atoms with E-state index in [9.17, 15) is 9.90 Å². The number of nitrogens with zero attached hydrogens (tertiary/aromatic N) is 1. The molecule has 2 saturated heterocycles. The number of carboxylic acid groups (broad SMARTS) is 1. The van der Waals surface area contributed by atoms with Crippen LogP contribution in [-0.4, -0.2) is 59.5 Å². The number of aliphatic hydroxyl groups excluding tert-OH is 1. The molecule has 0 aliphatic carbocycles. The summed E-state index contributed by atoms with van der Waals surface area (Å²) in [7, 11) is 0. The summed E-state index contributed by atoms with van der Waals surface area (Å²) in [4.78, 5) is 12.8. The second-order valence-corrected chi connectivity index (χ2v) is 4.43. The topological polar surface area (TPSA) is 70.0 Å². The number of aliphatic carboxylic acids is 1. The molecule has 2 heterocycles. The lowest BCUT2D eigenvalue weighted by Crippen LogP contribution is -2.39. The van der Waals surface area contributed by atoms with E-state index in [-0.39, 0.29) is 0 Å². The molecule has 0 bridgehead atoms. The van der Waals surface area contributed by atoms with E-state index in [1.165, 1.54) is 0 Å². The minimum atomic E-state index is -0.828. The Labute approximate surface area is 88.6 Å². The number of carbonyl (C=O) groups is 1. The molecule has 86 valence electrons. The highest BCUT2D eigenvalue weighted by Crippen LogP contribution is 2.22. The molecule has 5 nitrogen and oxygen atoms in total. The number of ether oxygens (including phenoxy) is 1. The summed E-state index contributed by atoms with van der Waals surface area (Å²) in [6.07, 6.45) is 0.857. The second-order valence-electron chi connectivity index (χ2n) is 4.43. The monoisotopic (exact) mass is 215 g/mol. The zero-order valence-electron chi connectivity index (χ0n) is 8.63. The fraction of sp³-hybridized carbons (Fsp3) is 0.900. The maximum absolute atomic E-state index is 10.9. The predicted octanol–water partition coefficient (Wildman–Crippen LogP) is -0.457. The molecule has 0 saturated carbocycles. The maximum atomic E-state index is 10.9. The lowest BCUT2D eigenvalue weighted by Gasteiger charge is -2.23. The average molecular weight is 215 g/mol. The van der Waals surface area contributed by atoms with Gasteiger partial charge in [0.25, 0.3) is 0 Å². The van der Waals surface area contributed by atoms with E-state index >= 15 is 0 Å². The molecule has 3 atom stereocenters. The largest absolute Gasteiger partial charge is 0.480 e. The second kappa shape index (κ2) is 4.47. The van der Waals surface area contributed by atoms with Gasteiger partial charge in [-0.3, -0.25) is 9.69 Å². The Morgan fingerprint density at radius 2 is 2.33 bits per heavy atom. The van der Waals surface area contributed by atoms with Crippen molar-refractivity contribution in [2.45, 2.75) is 25.0 Å². The molecule has 3 unspecified atom stereocenters. The number of aliphatic hydroxyl groups is 1. The molecular weight excluding hydrogens is 198 g/mol. The number of hydrogen-bond donors (Lipinski definition) is 2. The summed E-state index contributed by atoms with van der Waals surface area (Å²) in [6.45, 7) is 2.71. The highest BCUT2D eigenvalue weighted by molar-refractivity contribution is 5.74. The van der Waals surface area contributed by atoms with Crippen LogP contribution in [0.1, 0.15) is 12.8 Å². The quantitative estimate of drug-likeness (QED) is 0.667. The van der Waals surface area contributed by atoms with Crippen LogP contribution in [0.5, 0.6) is 0 Å². The van der Waals surface area contributed by atoms with Crippen molar-refractivity contribution in [2.75, 3.05) is 26.3 Å². The van der Waals surface area contributed by atoms with Crippen molar-refractivity contribution in [3.63, 3.8) is 0 Å². The minimum Gasteiger partial charge on any atom is -0.480 e. The molecule has 2 aliphatic heterocycles. The molecule has 0 aromatic rings. The first-order chi connectivity index (χ1) is 7.16. The Balaban J connectivity index is 1.91. The van der Waals surface area contributed by atoms with Gasteiger partial charge in [-0.25, -0.2) is 0 Å². The molecule has 0 spiro atoms. The molecule has 2 fully saturated rings. The van der Waals surface area contributed by atoms with Crippen LogP contribution in [-0.2, 0) is 9.53 Å². The van der Waals surface area contributed by atoms with E-state index in [0.717, 1.165) is 26.2 Å². The molecule has 5 heteroatoms. The van der Waals surface area contributed by atoms with E-state index in [4.69, 9.17) is 9.84 Å². The summed E-state index contributed by atoms with van der Waals surface area (Å²) >= 11 is 0. The first-order valence-electron chi connectivity index (χ1n) is 5.39. The fourth-order valence-electron chi connectivity index (χ4n) is 2.40. The Morgan fingerprint density at radius 3 is 2.93 bits per heavy atom. The van der Waals surface area contributed by atoms with Crippen molar-refractivity contribution >= 4 is 5.97 Å². The van der Waals surface area contributed by atoms with Gasteiger partial charge in [0.1, 0.15) is 6.04 Å². The van der Waals surface area contributed by atoms with E-state index in [1.54, 1.807) is 0 Å². The van der Waals surface area contributed by atoms with Crippen molar-refractivity contribution in [3.05, 3.63) is 0 Å². The smallest absolute Gasteiger partial charge is 0.321 e. The zero-order chi connectivity index (χ0) is 10.8. The van der Waals surface area contributed by atoms with Crippen molar-refractivity contribution in [2.24, 2.45) is 5.92 Å². The molecule has 0 radical (unpaired) electrons. The minimum absolute atomic E-state index is 0.350. The summed E-state index contributed by atoms with van der Waals surface area (Å²) in [5.41, 5.74) is 0. The summed E-state index contributed by atoms with van der Waals surface area (Å²) < 4.78 is 5.25. The number of likely N-dealkylation sites (tertiary alicyclic amines) is 1. The number of hydrogen-bond acceptors (Lipinski definition) is 4. The van der Waals surface area contributed by atoms with Gasteiger partial charge >= 0.3 is 5.97 Å². The standard InChI is InChI=1S/C10H17NO4/c12-8-3-9(10(13)14)11(5-8)4-7-1-2-15-6-7/h7-9,12H,1-6H2,(H,13,14). The van der Waals surface area contributed by atoms with Crippen LogP contribution in [0.2, 0.25) is 0 Å². The van der Waals surface area contributed by atoms with Gasteiger partial charge in [-0.2, -0.15) is 0 Å². The Hall–Kier alpha value is -0.650. The first-order valence-corrected chi connectivity index (χ1v) is 5.39. The Morgan fingerprint density at radius 1 is 1.53 bits per heavy atom. The maximum Gasteiger partial charge on any atom is 0.321 e. The third kappa shape index (κ3) is 2.48. The van der Waals surface area contributed by atoms with Crippen molar-refractivity contribution in [1.82, 2.24) is 4.90 Å². The third-order valence-electron chi connectivity index (χ3n) is 3.18. The zero-order valence-corrected chi connectivity index (χ0v) is 8.63. The van der Waals surface area contributed by atoms with Gasteiger partial charge < -0.3 is 14.9 Å². The molecular formula is C10H17NO4. The lowest BCUT2D eigenvalue weighted by atomic mass is 10.1. The van der Waals surface area contributed by atoms with Crippen molar-refractivity contribution < 1.29 is 19.7 Å². The molecule has 2 N–H and O–H groups in total. The molecule has 2 aliphatic rings. The van der Waals surface area contributed by atoms with Crippen LogP contribution in [0.4, 0.5) is 0 Å². The van der Waals surface area contributed by atoms with Crippen LogP contribution in [0.3, 0.4) is 0 Å². The van der Waals surface area contributed by atoms with Gasteiger partial charge in [-0.1, -0.05) is 0 Å². The number of carboxylic acids is 1. The SMILES string of the molecule is O=C(O)C1CC(O)CN1CC1CCOC1. The average Bonchev–Trinajstić information content (AvgIpc) is 2.75. The van der Waals surface area contributed by atoms with Crippen LogP contribution >= 0.6 is 0 Å². The van der Waals surface area contributed by atoms with Crippen LogP contribution in [0, 0.1) is 5.92 Å². The molecule has 15 heavy (non-hydrogen) atoms. The van der Waals surface area contributed by atoms with E-state index in [2.05, 4.69) is 0 Å². The van der Waals surface area contributed by atoms with E-state index in [0.29, 0.717) is 18.9 Å². The highest BCUT2D eigenvalue weighted by Gasteiger charge is 2.37. The molecule has 0 aromatic heterocycles. The highest BCUT2D eigenvalue weighted by atomic mass is 16.5.